The van der Waals surface area contributed by atoms with E-state index in [1.807, 2.05) is 0 Å². The number of hydrazone groups is 1. The Balaban J connectivity index is 1.73. The van der Waals surface area contributed by atoms with E-state index in [9.17, 15) is 9.18 Å². The molecular weight excluding hydrogens is 366 g/mol. The summed E-state index contributed by atoms with van der Waals surface area (Å²) in [5.41, 5.74) is 4.78. The summed E-state index contributed by atoms with van der Waals surface area (Å²) in [7, 11) is 0. The van der Waals surface area contributed by atoms with E-state index in [2.05, 4.69) is 20.7 Å². The number of carbonyl (C=O) groups is 1. The van der Waals surface area contributed by atoms with Crippen LogP contribution in [0.5, 0.6) is 0 Å². The summed E-state index contributed by atoms with van der Waals surface area (Å²) < 4.78 is 13.0. The highest BCUT2D eigenvalue weighted by molar-refractivity contribution is 6.42. The summed E-state index contributed by atoms with van der Waals surface area (Å²) >= 11 is 11.7. The van der Waals surface area contributed by atoms with Crippen LogP contribution in [-0.2, 0) is 0 Å². The molecule has 0 atom stereocenters. The van der Waals surface area contributed by atoms with Crippen molar-refractivity contribution in [3.05, 3.63) is 75.7 Å². The number of amides is 1. The molecule has 25 heavy (non-hydrogen) atoms. The van der Waals surface area contributed by atoms with Crippen molar-refractivity contribution < 1.29 is 9.18 Å². The van der Waals surface area contributed by atoms with Crippen molar-refractivity contribution in [3.63, 3.8) is 0 Å². The molecule has 126 valence electrons. The number of nitrogens with one attached hydrogen (secondary N) is 2. The predicted molar refractivity (Wildman–Crippen MR) is 95.5 cm³/mol. The smallest absolute Gasteiger partial charge is 0.271 e. The average molecular weight is 377 g/mol. The van der Waals surface area contributed by atoms with Crippen LogP contribution >= 0.6 is 23.2 Å². The van der Waals surface area contributed by atoms with Crippen molar-refractivity contribution in [1.29, 1.82) is 0 Å². The van der Waals surface area contributed by atoms with Crippen molar-refractivity contribution in [1.82, 2.24) is 15.6 Å². The van der Waals surface area contributed by atoms with Crippen molar-refractivity contribution in [2.24, 2.45) is 5.10 Å². The van der Waals surface area contributed by atoms with Crippen molar-refractivity contribution in [2.75, 3.05) is 0 Å². The summed E-state index contributed by atoms with van der Waals surface area (Å²) in [6.45, 7) is 0. The van der Waals surface area contributed by atoms with Crippen molar-refractivity contribution >= 4 is 35.3 Å². The Morgan fingerprint density at radius 2 is 1.92 bits per heavy atom. The zero-order chi connectivity index (χ0) is 17.8. The van der Waals surface area contributed by atoms with Crippen LogP contribution in [0, 0.1) is 5.82 Å². The summed E-state index contributed by atoms with van der Waals surface area (Å²) in [6, 6.07) is 10.5. The van der Waals surface area contributed by atoms with E-state index in [1.54, 1.807) is 24.4 Å². The molecule has 3 aromatic rings. The van der Waals surface area contributed by atoms with Gasteiger partial charge in [-0.15, -0.1) is 0 Å². The Morgan fingerprint density at radius 3 is 2.64 bits per heavy atom. The van der Waals surface area contributed by atoms with Gasteiger partial charge in [-0.3, -0.25) is 9.89 Å². The summed E-state index contributed by atoms with van der Waals surface area (Å²) in [5.74, 6) is -0.756. The van der Waals surface area contributed by atoms with Gasteiger partial charge in [0.1, 0.15) is 5.82 Å². The molecule has 0 spiro atoms. The SMILES string of the molecule is O=C(NN=Cc1cn[nH]c1-c1ccc(F)cc1)c1ccc(Cl)c(Cl)c1. The van der Waals surface area contributed by atoms with Gasteiger partial charge in [-0.25, -0.2) is 9.82 Å². The molecule has 0 saturated heterocycles. The molecule has 3 rings (SSSR count). The van der Waals surface area contributed by atoms with Gasteiger partial charge in [0, 0.05) is 16.7 Å². The molecule has 0 bridgehead atoms. The number of rotatable bonds is 4. The molecule has 0 radical (unpaired) electrons. The minimum Gasteiger partial charge on any atom is -0.277 e. The highest BCUT2D eigenvalue weighted by Crippen LogP contribution is 2.22. The van der Waals surface area contributed by atoms with E-state index in [0.29, 0.717) is 21.8 Å². The first kappa shape index (κ1) is 17.1. The number of carbonyl (C=O) groups excluding carboxylic acids is 1. The molecule has 0 aliphatic rings. The van der Waals surface area contributed by atoms with E-state index in [-0.39, 0.29) is 10.8 Å². The minimum atomic E-state index is -0.429. The highest BCUT2D eigenvalue weighted by atomic mass is 35.5. The van der Waals surface area contributed by atoms with E-state index in [4.69, 9.17) is 23.2 Å². The summed E-state index contributed by atoms with van der Waals surface area (Å²) in [4.78, 5) is 12.0. The molecule has 2 aromatic carbocycles. The van der Waals surface area contributed by atoms with Gasteiger partial charge in [0.15, 0.2) is 0 Å². The molecule has 0 saturated carbocycles. The number of hydrogen-bond acceptors (Lipinski definition) is 3. The molecule has 0 fully saturated rings. The Kier molecular flexibility index (Phi) is 5.11. The van der Waals surface area contributed by atoms with Crippen LogP contribution in [0.15, 0.2) is 53.8 Å². The number of aromatic nitrogens is 2. The van der Waals surface area contributed by atoms with Gasteiger partial charge in [-0.2, -0.15) is 10.2 Å². The zero-order valence-corrected chi connectivity index (χ0v) is 14.1. The Bertz CT molecular complexity index is 938. The second-order valence-electron chi connectivity index (χ2n) is 5.04. The van der Waals surface area contributed by atoms with E-state index >= 15 is 0 Å². The first-order valence-corrected chi connectivity index (χ1v) is 7.88. The van der Waals surface area contributed by atoms with Crippen LogP contribution < -0.4 is 5.43 Å². The fourth-order valence-corrected chi connectivity index (χ4v) is 2.40. The lowest BCUT2D eigenvalue weighted by molar-refractivity contribution is 0.0955. The second kappa shape index (κ2) is 7.46. The fourth-order valence-electron chi connectivity index (χ4n) is 2.10. The number of benzene rings is 2. The van der Waals surface area contributed by atoms with E-state index < -0.39 is 5.91 Å². The van der Waals surface area contributed by atoms with Gasteiger partial charge in [0.2, 0.25) is 0 Å². The molecule has 2 N–H and O–H groups in total. The molecule has 8 heteroatoms. The quantitative estimate of drug-likeness (QED) is 0.526. The van der Waals surface area contributed by atoms with Gasteiger partial charge >= 0.3 is 0 Å². The highest BCUT2D eigenvalue weighted by Gasteiger charge is 2.08. The third kappa shape index (κ3) is 4.04. The van der Waals surface area contributed by atoms with E-state index in [1.165, 1.54) is 30.5 Å². The van der Waals surface area contributed by atoms with Gasteiger partial charge in [0.25, 0.3) is 5.91 Å². The maximum absolute atomic E-state index is 13.0. The fraction of sp³-hybridized carbons (Fsp3) is 0. The Hall–Kier alpha value is -2.70. The van der Waals surface area contributed by atoms with Crippen molar-refractivity contribution in [3.8, 4) is 11.3 Å². The van der Waals surface area contributed by atoms with Crippen LogP contribution in [0.3, 0.4) is 0 Å². The Labute approximate surface area is 152 Å². The third-order valence-electron chi connectivity index (χ3n) is 3.35. The zero-order valence-electron chi connectivity index (χ0n) is 12.6. The van der Waals surface area contributed by atoms with Gasteiger partial charge < -0.3 is 0 Å². The lowest BCUT2D eigenvalue weighted by Gasteiger charge is -2.02. The number of nitrogens with zero attached hydrogens (tertiary/aromatic N) is 2. The molecule has 0 aliphatic heterocycles. The third-order valence-corrected chi connectivity index (χ3v) is 4.09. The summed E-state index contributed by atoms with van der Waals surface area (Å²) in [6.07, 6.45) is 2.99. The average Bonchev–Trinajstić information content (AvgIpc) is 3.06. The molecule has 1 heterocycles. The molecule has 1 aromatic heterocycles. The van der Waals surface area contributed by atoms with Crippen LogP contribution in [0.1, 0.15) is 15.9 Å². The molecule has 0 unspecified atom stereocenters. The number of aromatic amines is 1. The first-order chi connectivity index (χ1) is 12.0. The predicted octanol–water partition coefficient (Wildman–Crippen LogP) is 4.29. The van der Waals surface area contributed by atoms with Crippen molar-refractivity contribution in [2.45, 2.75) is 0 Å². The first-order valence-electron chi connectivity index (χ1n) is 7.12. The lowest BCUT2D eigenvalue weighted by Crippen LogP contribution is -2.17. The molecule has 5 nitrogen and oxygen atoms in total. The second-order valence-corrected chi connectivity index (χ2v) is 5.85. The maximum Gasteiger partial charge on any atom is 0.271 e. The van der Waals surface area contributed by atoms with E-state index in [0.717, 1.165) is 5.56 Å². The van der Waals surface area contributed by atoms with Gasteiger partial charge in [-0.05, 0) is 42.5 Å². The maximum atomic E-state index is 13.0. The number of H-pyrrole nitrogens is 1. The Morgan fingerprint density at radius 1 is 1.16 bits per heavy atom. The molecule has 0 aliphatic carbocycles. The van der Waals surface area contributed by atoms with Crippen LogP contribution in [0.25, 0.3) is 11.3 Å². The minimum absolute atomic E-state index is 0.284. The molecular formula is C17H11Cl2FN4O. The summed E-state index contributed by atoms with van der Waals surface area (Å²) in [5, 5.41) is 11.3. The largest absolute Gasteiger partial charge is 0.277 e. The lowest BCUT2D eigenvalue weighted by atomic mass is 10.1. The standard InChI is InChI=1S/C17H11Cl2FN4O/c18-14-6-3-11(7-15(14)19)17(25)24-22-9-12-8-21-23-16(12)10-1-4-13(20)5-2-10/h1-9H,(H,21,23)(H,24,25). The topological polar surface area (TPSA) is 70.1 Å². The van der Waals surface area contributed by atoms with Crippen LogP contribution in [-0.4, -0.2) is 22.3 Å². The number of hydrogen-bond donors (Lipinski definition) is 2. The molecule has 1 amide bonds. The van der Waals surface area contributed by atoms with Crippen LogP contribution in [0.2, 0.25) is 10.0 Å². The monoisotopic (exact) mass is 376 g/mol. The number of halogens is 3. The normalized spacial score (nSPS) is 11.0. The van der Waals surface area contributed by atoms with Gasteiger partial charge in [0.05, 0.1) is 28.2 Å². The van der Waals surface area contributed by atoms with Gasteiger partial charge in [-0.1, -0.05) is 23.2 Å². The van der Waals surface area contributed by atoms with Crippen LogP contribution in [0.4, 0.5) is 4.39 Å².